The minimum atomic E-state index is -4.44. The second-order valence-corrected chi connectivity index (χ2v) is 5.05. The summed E-state index contributed by atoms with van der Waals surface area (Å²) in [6.45, 7) is 0.911. The Kier molecular flexibility index (Phi) is 4.20. The van der Waals surface area contributed by atoms with Crippen molar-refractivity contribution in [3.05, 3.63) is 22.8 Å². The molecule has 0 spiro atoms. The van der Waals surface area contributed by atoms with Crippen LogP contribution in [0.3, 0.4) is 0 Å². The van der Waals surface area contributed by atoms with Gasteiger partial charge in [-0.25, -0.2) is 4.98 Å². The Hall–Kier alpha value is -1.01. The summed E-state index contributed by atoms with van der Waals surface area (Å²) in [4.78, 5) is 3.65. The van der Waals surface area contributed by atoms with Crippen LogP contribution in [0.15, 0.2) is 12.3 Å². The first-order valence-electron chi connectivity index (χ1n) is 5.94. The van der Waals surface area contributed by atoms with Gasteiger partial charge in [-0.2, -0.15) is 13.2 Å². The van der Waals surface area contributed by atoms with Crippen molar-refractivity contribution in [1.82, 2.24) is 10.3 Å². The fourth-order valence-electron chi connectivity index (χ4n) is 2.05. The van der Waals surface area contributed by atoms with E-state index >= 15 is 0 Å². The van der Waals surface area contributed by atoms with E-state index in [1.807, 2.05) is 7.05 Å². The fraction of sp³-hybridized carbons (Fsp3) is 0.583. The molecule has 0 amide bonds. The monoisotopic (exact) mass is 294 g/mol. The molecule has 1 aliphatic carbocycles. The van der Waals surface area contributed by atoms with E-state index in [0.717, 1.165) is 31.6 Å². The highest BCUT2D eigenvalue weighted by atomic mass is 35.5. The molecule has 0 bridgehead atoms. The van der Waals surface area contributed by atoms with E-state index < -0.39 is 11.7 Å². The van der Waals surface area contributed by atoms with Gasteiger partial charge in [-0.3, -0.25) is 0 Å². The van der Waals surface area contributed by atoms with E-state index in [1.165, 1.54) is 0 Å². The van der Waals surface area contributed by atoms with Crippen LogP contribution in [0.5, 0.6) is 5.88 Å². The molecule has 1 aliphatic rings. The third kappa shape index (κ3) is 3.51. The van der Waals surface area contributed by atoms with Gasteiger partial charge in [-0.15, -0.1) is 0 Å². The highest BCUT2D eigenvalue weighted by Gasteiger charge is 2.33. The van der Waals surface area contributed by atoms with Crippen LogP contribution in [-0.4, -0.2) is 24.7 Å². The normalized spacial score (nSPS) is 23.0. The lowest BCUT2D eigenvalue weighted by atomic mass is 9.82. The van der Waals surface area contributed by atoms with Crippen LogP contribution in [0.2, 0.25) is 5.02 Å². The smallest absolute Gasteiger partial charge is 0.417 e. The number of ether oxygens (including phenoxy) is 1. The summed E-state index contributed by atoms with van der Waals surface area (Å²) in [5.41, 5.74) is -0.869. The molecule has 0 radical (unpaired) electrons. The standard InChI is InChI=1S/C12H14ClF3N2O/c1-17-5-7-2-9(3-7)19-11-10(13)4-8(6-18-11)12(14,15)16/h4,6-7,9,17H,2-3,5H2,1H3. The molecule has 3 nitrogen and oxygen atoms in total. The average molecular weight is 295 g/mol. The SMILES string of the molecule is CNCC1CC(Oc2ncc(C(F)(F)F)cc2Cl)C1. The molecule has 0 aromatic carbocycles. The molecule has 0 unspecified atom stereocenters. The van der Waals surface area contributed by atoms with Crippen LogP contribution in [0.4, 0.5) is 13.2 Å². The molecule has 106 valence electrons. The van der Waals surface area contributed by atoms with Crippen molar-refractivity contribution in [3.8, 4) is 5.88 Å². The lowest BCUT2D eigenvalue weighted by molar-refractivity contribution is -0.137. The second kappa shape index (κ2) is 5.54. The molecular weight excluding hydrogens is 281 g/mol. The zero-order valence-corrected chi connectivity index (χ0v) is 11.1. The first-order chi connectivity index (χ1) is 8.90. The summed E-state index contributed by atoms with van der Waals surface area (Å²) in [7, 11) is 1.88. The van der Waals surface area contributed by atoms with E-state index in [2.05, 4.69) is 10.3 Å². The number of nitrogens with one attached hydrogen (secondary N) is 1. The summed E-state index contributed by atoms with van der Waals surface area (Å²) >= 11 is 5.76. The quantitative estimate of drug-likeness (QED) is 0.926. The Balaban J connectivity index is 1.96. The van der Waals surface area contributed by atoms with Gasteiger partial charge in [0.1, 0.15) is 11.1 Å². The van der Waals surface area contributed by atoms with Crippen LogP contribution in [-0.2, 0) is 6.18 Å². The zero-order valence-electron chi connectivity index (χ0n) is 10.3. The van der Waals surface area contributed by atoms with Gasteiger partial charge in [0.05, 0.1) is 5.56 Å². The zero-order chi connectivity index (χ0) is 14.0. The molecule has 1 N–H and O–H groups in total. The minimum Gasteiger partial charge on any atom is -0.473 e. The molecule has 1 fully saturated rings. The summed E-state index contributed by atoms with van der Waals surface area (Å²) in [6.07, 6.45) is -1.99. The summed E-state index contributed by atoms with van der Waals surface area (Å²) < 4.78 is 42.8. The molecule has 1 aromatic heterocycles. The molecule has 1 aromatic rings. The Labute approximate surface area is 114 Å². The first kappa shape index (κ1) is 14.4. The van der Waals surface area contributed by atoms with Gasteiger partial charge >= 0.3 is 6.18 Å². The largest absolute Gasteiger partial charge is 0.473 e. The van der Waals surface area contributed by atoms with Crippen molar-refractivity contribution in [2.75, 3.05) is 13.6 Å². The van der Waals surface area contributed by atoms with Crippen LogP contribution >= 0.6 is 11.6 Å². The molecule has 0 saturated heterocycles. The lowest BCUT2D eigenvalue weighted by Crippen LogP contribution is -2.38. The third-order valence-electron chi connectivity index (χ3n) is 3.10. The molecule has 0 aliphatic heterocycles. The van der Waals surface area contributed by atoms with Crippen molar-refractivity contribution < 1.29 is 17.9 Å². The van der Waals surface area contributed by atoms with Gasteiger partial charge in [0, 0.05) is 6.20 Å². The highest BCUT2D eigenvalue weighted by Crippen LogP contribution is 2.36. The minimum absolute atomic E-state index is 0.0138. The molecule has 19 heavy (non-hydrogen) atoms. The van der Waals surface area contributed by atoms with Crippen molar-refractivity contribution in [1.29, 1.82) is 0 Å². The first-order valence-corrected chi connectivity index (χ1v) is 6.32. The lowest BCUT2D eigenvalue weighted by Gasteiger charge is -2.35. The molecule has 2 rings (SSSR count). The summed E-state index contributed by atoms with van der Waals surface area (Å²) in [6, 6.07) is 0.841. The third-order valence-corrected chi connectivity index (χ3v) is 3.37. The number of aromatic nitrogens is 1. The Morgan fingerprint density at radius 3 is 2.68 bits per heavy atom. The van der Waals surface area contributed by atoms with Gasteiger partial charge in [-0.05, 0) is 38.4 Å². The number of hydrogen-bond acceptors (Lipinski definition) is 3. The molecule has 1 saturated carbocycles. The summed E-state index contributed by atoms with van der Waals surface area (Å²) in [5.74, 6) is 0.616. The fourth-order valence-corrected chi connectivity index (χ4v) is 2.26. The van der Waals surface area contributed by atoms with E-state index in [-0.39, 0.29) is 17.0 Å². The molecule has 0 atom stereocenters. The van der Waals surface area contributed by atoms with E-state index in [4.69, 9.17) is 16.3 Å². The number of halogens is 4. The van der Waals surface area contributed by atoms with Crippen molar-refractivity contribution in [2.45, 2.75) is 25.1 Å². The van der Waals surface area contributed by atoms with Gasteiger partial charge in [0.2, 0.25) is 5.88 Å². The Bertz CT molecular complexity index is 447. The number of pyridine rings is 1. The highest BCUT2D eigenvalue weighted by molar-refractivity contribution is 6.31. The molecule has 7 heteroatoms. The Morgan fingerprint density at radius 2 is 2.16 bits per heavy atom. The topological polar surface area (TPSA) is 34.1 Å². The predicted octanol–water partition coefficient (Wildman–Crippen LogP) is 3.13. The van der Waals surface area contributed by atoms with Crippen LogP contribution in [0.25, 0.3) is 0 Å². The number of alkyl halides is 3. The van der Waals surface area contributed by atoms with Crippen LogP contribution in [0, 0.1) is 5.92 Å². The molecular formula is C12H14ClF3N2O. The van der Waals surface area contributed by atoms with E-state index in [1.54, 1.807) is 0 Å². The second-order valence-electron chi connectivity index (χ2n) is 4.64. The number of nitrogens with zero attached hydrogens (tertiary/aromatic N) is 1. The molecule has 1 heterocycles. The van der Waals surface area contributed by atoms with Crippen molar-refractivity contribution >= 4 is 11.6 Å². The maximum Gasteiger partial charge on any atom is 0.417 e. The van der Waals surface area contributed by atoms with Gasteiger partial charge in [-0.1, -0.05) is 11.6 Å². The number of hydrogen-bond donors (Lipinski definition) is 1. The van der Waals surface area contributed by atoms with Gasteiger partial charge in [0.25, 0.3) is 0 Å². The summed E-state index contributed by atoms with van der Waals surface area (Å²) in [5, 5.41) is 2.96. The van der Waals surface area contributed by atoms with Gasteiger partial charge in [0.15, 0.2) is 0 Å². The maximum absolute atomic E-state index is 12.4. The van der Waals surface area contributed by atoms with Crippen LogP contribution in [0.1, 0.15) is 18.4 Å². The van der Waals surface area contributed by atoms with Crippen molar-refractivity contribution in [3.63, 3.8) is 0 Å². The van der Waals surface area contributed by atoms with E-state index in [9.17, 15) is 13.2 Å². The maximum atomic E-state index is 12.4. The average Bonchev–Trinajstić information content (AvgIpc) is 2.27. The van der Waals surface area contributed by atoms with E-state index in [0.29, 0.717) is 5.92 Å². The van der Waals surface area contributed by atoms with Crippen molar-refractivity contribution in [2.24, 2.45) is 5.92 Å². The predicted molar refractivity (Wildman–Crippen MR) is 65.3 cm³/mol. The van der Waals surface area contributed by atoms with Crippen LogP contribution < -0.4 is 10.1 Å². The Morgan fingerprint density at radius 1 is 1.47 bits per heavy atom. The van der Waals surface area contributed by atoms with Gasteiger partial charge < -0.3 is 10.1 Å². The number of rotatable bonds is 4.